The average Bonchev–Trinajstić information content (AvgIpc) is 2.64. The van der Waals surface area contributed by atoms with Crippen LogP contribution in [-0.4, -0.2) is 17.0 Å². The van der Waals surface area contributed by atoms with Crippen molar-refractivity contribution in [2.24, 2.45) is 17.8 Å². The van der Waals surface area contributed by atoms with Crippen LogP contribution < -0.4 is 10.1 Å². The third-order valence-electron chi connectivity index (χ3n) is 4.87. The van der Waals surface area contributed by atoms with Crippen LogP contribution in [0.3, 0.4) is 0 Å². The molecule has 136 valence electrons. The van der Waals surface area contributed by atoms with Crippen molar-refractivity contribution in [3.05, 3.63) is 54.6 Å². The molecule has 0 aromatic heterocycles. The number of benzene rings is 2. The second-order valence-electron chi connectivity index (χ2n) is 6.90. The number of amides is 1. The molecule has 1 aliphatic rings. The summed E-state index contributed by atoms with van der Waals surface area (Å²) in [5, 5.41) is 12.3. The maximum Gasteiger partial charge on any atom is 0.307 e. The number of carboxylic acid groups (broad SMARTS) is 1. The molecule has 0 bridgehead atoms. The zero-order valence-electron chi connectivity index (χ0n) is 14.7. The molecule has 2 aromatic rings. The molecule has 3 rings (SSSR count). The zero-order valence-corrected chi connectivity index (χ0v) is 14.7. The summed E-state index contributed by atoms with van der Waals surface area (Å²) in [5.41, 5.74) is 0.637. The highest BCUT2D eigenvalue weighted by molar-refractivity contribution is 5.95. The fourth-order valence-corrected chi connectivity index (χ4v) is 3.43. The molecule has 2 N–H and O–H groups in total. The lowest BCUT2D eigenvalue weighted by atomic mass is 9.74. The van der Waals surface area contributed by atoms with Crippen LogP contribution in [0.2, 0.25) is 0 Å². The fourth-order valence-electron chi connectivity index (χ4n) is 3.43. The topological polar surface area (TPSA) is 75.6 Å². The predicted molar refractivity (Wildman–Crippen MR) is 99.2 cm³/mol. The van der Waals surface area contributed by atoms with Gasteiger partial charge in [-0.3, -0.25) is 9.59 Å². The molecule has 0 saturated heterocycles. The number of aliphatic carboxylic acids is 1. The van der Waals surface area contributed by atoms with Gasteiger partial charge in [-0.2, -0.15) is 0 Å². The molecule has 1 amide bonds. The Labute approximate surface area is 153 Å². The second kappa shape index (κ2) is 8.04. The van der Waals surface area contributed by atoms with Crippen LogP contribution in [0.1, 0.15) is 26.2 Å². The lowest BCUT2D eigenvalue weighted by Gasteiger charge is -2.31. The Balaban J connectivity index is 1.63. The van der Waals surface area contributed by atoms with Gasteiger partial charge in [-0.15, -0.1) is 0 Å². The highest BCUT2D eigenvalue weighted by Gasteiger charge is 2.38. The van der Waals surface area contributed by atoms with Crippen molar-refractivity contribution < 1.29 is 19.4 Å². The molecule has 3 atom stereocenters. The minimum atomic E-state index is -0.886. The van der Waals surface area contributed by atoms with E-state index in [1.165, 1.54) is 0 Å². The van der Waals surface area contributed by atoms with Crippen molar-refractivity contribution in [2.75, 3.05) is 5.32 Å². The molecule has 1 saturated carbocycles. The third-order valence-corrected chi connectivity index (χ3v) is 4.87. The number of rotatable bonds is 5. The Kier molecular flexibility index (Phi) is 5.56. The number of para-hydroxylation sites is 1. The van der Waals surface area contributed by atoms with Crippen LogP contribution in [0.25, 0.3) is 0 Å². The molecule has 0 heterocycles. The molecule has 1 fully saturated rings. The van der Waals surface area contributed by atoms with Gasteiger partial charge in [-0.05, 0) is 61.6 Å². The quantitative estimate of drug-likeness (QED) is 0.826. The van der Waals surface area contributed by atoms with E-state index in [0.717, 1.165) is 12.2 Å². The van der Waals surface area contributed by atoms with Gasteiger partial charge in [0, 0.05) is 5.69 Å². The second-order valence-corrected chi connectivity index (χ2v) is 6.90. The van der Waals surface area contributed by atoms with Gasteiger partial charge in [0.25, 0.3) is 0 Å². The van der Waals surface area contributed by atoms with Crippen LogP contribution in [0.15, 0.2) is 54.6 Å². The van der Waals surface area contributed by atoms with E-state index in [2.05, 4.69) is 5.32 Å². The van der Waals surface area contributed by atoms with Crippen LogP contribution in [0, 0.1) is 17.8 Å². The highest BCUT2D eigenvalue weighted by Crippen LogP contribution is 2.35. The summed E-state index contributed by atoms with van der Waals surface area (Å²) in [4.78, 5) is 24.0. The van der Waals surface area contributed by atoms with E-state index in [-0.39, 0.29) is 5.91 Å². The van der Waals surface area contributed by atoms with Gasteiger partial charge in [0.1, 0.15) is 11.5 Å². The molecule has 26 heavy (non-hydrogen) atoms. The summed E-state index contributed by atoms with van der Waals surface area (Å²) in [6.07, 6.45) is 2.04. The smallest absolute Gasteiger partial charge is 0.307 e. The van der Waals surface area contributed by atoms with Crippen molar-refractivity contribution in [3.8, 4) is 11.5 Å². The predicted octanol–water partition coefficient (Wildman–Crippen LogP) is 4.55. The molecule has 0 aliphatic heterocycles. The monoisotopic (exact) mass is 353 g/mol. The summed E-state index contributed by atoms with van der Waals surface area (Å²) in [7, 11) is 0. The third kappa shape index (κ3) is 4.42. The fraction of sp³-hybridized carbons (Fsp3) is 0.333. The molecular formula is C21H23NO4. The summed E-state index contributed by atoms with van der Waals surface area (Å²) >= 11 is 0. The number of carbonyl (C=O) groups excluding carboxylic acids is 1. The first kappa shape index (κ1) is 18.0. The van der Waals surface area contributed by atoms with Gasteiger partial charge < -0.3 is 15.2 Å². The van der Waals surface area contributed by atoms with Gasteiger partial charge >= 0.3 is 5.97 Å². The van der Waals surface area contributed by atoms with Crippen molar-refractivity contribution in [1.82, 2.24) is 0 Å². The van der Waals surface area contributed by atoms with Crippen molar-refractivity contribution in [2.45, 2.75) is 26.2 Å². The molecule has 3 unspecified atom stereocenters. The Hall–Kier alpha value is -2.82. The van der Waals surface area contributed by atoms with Gasteiger partial charge in [0.05, 0.1) is 11.8 Å². The number of hydrogen-bond donors (Lipinski definition) is 2. The van der Waals surface area contributed by atoms with Gasteiger partial charge in [-0.25, -0.2) is 0 Å². The van der Waals surface area contributed by atoms with E-state index in [1.54, 1.807) is 24.3 Å². The van der Waals surface area contributed by atoms with Crippen molar-refractivity contribution in [1.29, 1.82) is 0 Å². The molecule has 5 nitrogen and oxygen atoms in total. The number of hydrogen-bond acceptors (Lipinski definition) is 3. The minimum Gasteiger partial charge on any atom is -0.481 e. The van der Waals surface area contributed by atoms with Crippen LogP contribution in [0.5, 0.6) is 11.5 Å². The first-order chi connectivity index (χ1) is 12.5. The SMILES string of the molecule is CC1CCC(C(=O)Nc2ccc(Oc3ccccc3)cc2)C(C(=O)O)C1. The first-order valence-corrected chi connectivity index (χ1v) is 8.89. The number of carbonyl (C=O) groups is 2. The normalized spacial score (nSPS) is 22.4. The molecule has 1 aliphatic carbocycles. The standard InChI is InChI=1S/C21H23NO4/c1-14-7-12-18(19(13-14)21(24)25)20(23)22-15-8-10-17(11-9-15)26-16-5-3-2-4-6-16/h2-6,8-11,14,18-19H,7,12-13H2,1H3,(H,22,23)(H,24,25). The highest BCUT2D eigenvalue weighted by atomic mass is 16.5. The van der Waals surface area contributed by atoms with Crippen molar-refractivity contribution in [3.63, 3.8) is 0 Å². The van der Waals surface area contributed by atoms with E-state index in [0.29, 0.717) is 30.2 Å². The molecule has 0 radical (unpaired) electrons. The molecular weight excluding hydrogens is 330 g/mol. The van der Waals surface area contributed by atoms with Gasteiger partial charge in [-0.1, -0.05) is 25.1 Å². The Bertz CT molecular complexity index is 757. The lowest BCUT2D eigenvalue weighted by molar-refractivity contribution is -0.148. The zero-order chi connectivity index (χ0) is 18.5. The summed E-state index contributed by atoms with van der Waals surface area (Å²) in [5.74, 6) is -0.448. The summed E-state index contributed by atoms with van der Waals surface area (Å²) < 4.78 is 5.72. The summed E-state index contributed by atoms with van der Waals surface area (Å²) in [6.45, 7) is 2.04. The van der Waals surface area contributed by atoms with E-state index < -0.39 is 17.8 Å². The van der Waals surface area contributed by atoms with E-state index >= 15 is 0 Å². The molecule has 0 spiro atoms. The lowest BCUT2D eigenvalue weighted by Crippen LogP contribution is -2.38. The van der Waals surface area contributed by atoms with E-state index in [1.807, 2.05) is 37.3 Å². The number of nitrogens with one attached hydrogen (secondary N) is 1. The van der Waals surface area contributed by atoms with Crippen LogP contribution in [0.4, 0.5) is 5.69 Å². The van der Waals surface area contributed by atoms with E-state index in [9.17, 15) is 14.7 Å². The van der Waals surface area contributed by atoms with E-state index in [4.69, 9.17) is 4.74 Å². The van der Waals surface area contributed by atoms with Gasteiger partial charge in [0.15, 0.2) is 0 Å². The Morgan fingerprint density at radius 2 is 1.62 bits per heavy atom. The number of anilines is 1. The maximum atomic E-state index is 12.6. The molecule has 5 heteroatoms. The minimum absolute atomic E-state index is 0.221. The maximum absolute atomic E-state index is 12.6. The number of carboxylic acids is 1. The van der Waals surface area contributed by atoms with Crippen molar-refractivity contribution >= 4 is 17.6 Å². The first-order valence-electron chi connectivity index (χ1n) is 8.89. The van der Waals surface area contributed by atoms with Crippen LogP contribution >= 0.6 is 0 Å². The summed E-state index contributed by atoms with van der Waals surface area (Å²) in [6, 6.07) is 16.5. The largest absolute Gasteiger partial charge is 0.481 e. The molecule has 2 aromatic carbocycles. The average molecular weight is 353 g/mol. The van der Waals surface area contributed by atoms with Crippen LogP contribution in [-0.2, 0) is 9.59 Å². The Morgan fingerprint density at radius 3 is 2.27 bits per heavy atom. The van der Waals surface area contributed by atoms with Gasteiger partial charge in [0.2, 0.25) is 5.91 Å². The number of ether oxygens (including phenoxy) is 1. The Morgan fingerprint density at radius 1 is 0.962 bits per heavy atom.